The Hall–Kier alpha value is -2.77. The molecule has 0 amide bonds. The monoisotopic (exact) mass is 381 g/mol. The van der Waals surface area contributed by atoms with Gasteiger partial charge >= 0.3 is 0 Å². The first-order chi connectivity index (χ1) is 12.9. The standard InChI is InChI=1S/C20H19N3O3S/c1-14-4-7-18(8-5-14)27(24,25)26-10-9-23-20-17(13-21-23)12-16-6-3-15(2)11-19(16)22-20/h3-8,11-13H,9-10H2,1-2H3. The van der Waals surface area contributed by atoms with Gasteiger partial charge < -0.3 is 0 Å². The van der Waals surface area contributed by atoms with E-state index >= 15 is 0 Å². The minimum Gasteiger partial charge on any atom is -0.264 e. The average Bonchev–Trinajstić information content (AvgIpc) is 3.02. The molecule has 7 heteroatoms. The summed E-state index contributed by atoms with van der Waals surface area (Å²) in [5.74, 6) is 0. The summed E-state index contributed by atoms with van der Waals surface area (Å²) in [5, 5.41) is 6.28. The first-order valence-corrected chi connectivity index (χ1v) is 10.0. The van der Waals surface area contributed by atoms with Crippen molar-refractivity contribution < 1.29 is 12.6 Å². The molecule has 0 radical (unpaired) electrons. The molecule has 0 aliphatic heterocycles. The highest BCUT2D eigenvalue weighted by atomic mass is 32.2. The molecular formula is C20H19N3O3S. The largest absolute Gasteiger partial charge is 0.297 e. The minimum atomic E-state index is -3.79. The molecule has 0 bridgehead atoms. The van der Waals surface area contributed by atoms with Crippen molar-refractivity contribution in [3.05, 3.63) is 65.9 Å². The van der Waals surface area contributed by atoms with Crippen LogP contribution in [0.3, 0.4) is 0 Å². The molecule has 0 unspecified atom stereocenters. The second-order valence-electron chi connectivity index (χ2n) is 6.55. The molecule has 2 heterocycles. The second kappa shape index (κ2) is 6.75. The van der Waals surface area contributed by atoms with Gasteiger partial charge in [-0.05, 0) is 43.7 Å². The molecule has 0 aliphatic rings. The summed E-state index contributed by atoms with van der Waals surface area (Å²) in [5.41, 5.74) is 3.72. The van der Waals surface area contributed by atoms with Gasteiger partial charge in [0.25, 0.3) is 10.1 Å². The molecule has 2 aromatic heterocycles. The van der Waals surface area contributed by atoms with Gasteiger partial charge in [0.05, 0.1) is 29.8 Å². The molecule has 138 valence electrons. The van der Waals surface area contributed by atoms with Gasteiger partial charge in [-0.15, -0.1) is 0 Å². The molecule has 4 rings (SSSR count). The third-order valence-electron chi connectivity index (χ3n) is 4.41. The van der Waals surface area contributed by atoms with Crippen LogP contribution >= 0.6 is 0 Å². The molecule has 27 heavy (non-hydrogen) atoms. The van der Waals surface area contributed by atoms with Crippen LogP contribution in [-0.4, -0.2) is 29.8 Å². The van der Waals surface area contributed by atoms with E-state index in [2.05, 4.69) is 10.1 Å². The van der Waals surface area contributed by atoms with E-state index in [4.69, 9.17) is 4.18 Å². The number of hydrogen-bond acceptors (Lipinski definition) is 5. The van der Waals surface area contributed by atoms with E-state index in [0.717, 1.165) is 27.4 Å². The highest BCUT2D eigenvalue weighted by molar-refractivity contribution is 7.86. The quantitative estimate of drug-likeness (QED) is 0.494. The summed E-state index contributed by atoms with van der Waals surface area (Å²) in [4.78, 5) is 4.83. The van der Waals surface area contributed by atoms with Crippen molar-refractivity contribution in [3.63, 3.8) is 0 Å². The van der Waals surface area contributed by atoms with Gasteiger partial charge in [0.15, 0.2) is 5.65 Å². The van der Waals surface area contributed by atoms with Crippen LogP contribution in [0.5, 0.6) is 0 Å². The highest BCUT2D eigenvalue weighted by Crippen LogP contribution is 2.20. The Morgan fingerprint density at radius 3 is 2.48 bits per heavy atom. The van der Waals surface area contributed by atoms with Gasteiger partial charge in [0.1, 0.15) is 0 Å². The van der Waals surface area contributed by atoms with Crippen molar-refractivity contribution >= 4 is 32.1 Å². The van der Waals surface area contributed by atoms with Gasteiger partial charge in [-0.1, -0.05) is 29.8 Å². The van der Waals surface area contributed by atoms with Gasteiger partial charge in [-0.25, -0.2) is 9.67 Å². The van der Waals surface area contributed by atoms with Crippen molar-refractivity contribution in [1.29, 1.82) is 0 Å². The topological polar surface area (TPSA) is 74.1 Å². The van der Waals surface area contributed by atoms with E-state index in [-0.39, 0.29) is 11.5 Å². The number of nitrogens with zero attached hydrogens (tertiary/aromatic N) is 3. The van der Waals surface area contributed by atoms with Gasteiger partial charge in [-0.3, -0.25) is 4.18 Å². The number of pyridine rings is 1. The normalized spacial score (nSPS) is 12.1. The summed E-state index contributed by atoms with van der Waals surface area (Å²) >= 11 is 0. The molecule has 0 aliphatic carbocycles. The van der Waals surface area contributed by atoms with Crippen LogP contribution in [0.15, 0.2) is 59.6 Å². The van der Waals surface area contributed by atoms with Crippen LogP contribution in [0.25, 0.3) is 21.9 Å². The van der Waals surface area contributed by atoms with Gasteiger partial charge in [0.2, 0.25) is 0 Å². The highest BCUT2D eigenvalue weighted by Gasteiger charge is 2.15. The Bertz CT molecular complexity index is 1230. The lowest BCUT2D eigenvalue weighted by Crippen LogP contribution is -2.13. The molecule has 0 atom stereocenters. The smallest absolute Gasteiger partial charge is 0.264 e. The Morgan fingerprint density at radius 1 is 0.963 bits per heavy atom. The zero-order valence-electron chi connectivity index (χ0n) is 15.1. The lowest BCUT2D eigenvalue weighted by Gasteiger charge is -2.07. The second-order valence-corrected chi connectivity index (χ2v) is 8.17. The number of benzene rings is 2. The zero-order valence-corrected chi connectivity index (χ0v) is 15.9. The SMILES string of the molecule is Cc1ccc(S(=O)(=O)OCCn2ncc3cc4ccc(C)cc4nc32)cc1. The third-order valence-corrected chi connectivity index (χ3v) is 5.74. The number of hydrogen-bond donors (Lipinski definition) is 0. The summed E-state index contributed by atoms with van der Waals surface area (Å²) in [6.45, 7) is 4.20. The first-order valence-electron chi connectivity index (χ1n) is 8.61. The van der Waals surface area contributed by atoms with Crippen molar-refractivity contribution in [1.82, 2.24) is 14.8 Å². The van der Waals surface area contributed by atoms with Crippen LogP contribution in [0.4, 0.5) is 0 Å². The summed E-state index contributed by atoms with van der Waals surface area (Å²) in [6, 6.07) is 14.7. The number of aromatic nitrogens is 3. The summed E-state index contributed by atoms with van der Waals surface area (Å²) in [7, 11) is -3.79. The minimum absolute atomic E-state index is 0.0134. The number of rotatable bonds is 5. The first kappa shape index (κ1) is 17.6. The fraction of sp³-hybridized carbons (Fsp3) is 0.200. The molecule has 0 spiro atoms. The summed E-state index contributed by atoms with van der Waals surface area (Å²) < 4.78 is 31.4. The van der Waals surface area contributed by atoms with Crippen molar-refractivity contribution in [2.45, 2.75) is 25.3 Å². The van der Waals surface area contributed by atoms with Crippen LogP contribution in [0.1, 0.15) is 11.1 Å². The van der Waals surface area contributed by atoms with Gasteiger partial charge in [-0.2, -0.15) is 13.5 Å². The lowest BCUT2D eigenvalue weighted by atomic mass is 10.1. The average molecular weight is 381 g/mol. The fourth-order valence-electron chi connectivity index (χ4n) is 2.94. The molecular weight excluding hydrogens is 362 g/mol. The molecule has 6 nitrogen and oxygen atoms in total. The fourth-order valence-corrected chi connectivity index (χ4v) is 3.84. The Morgan fingerprint density at radius 2 is 1.70 bits per heavy atom. The molecule has 0 saturated carbocycles. The molecule has 2 aromatic carbocycles. The predicted octanol–water partition coefficient (Wildman–Crippen LogP) is 3.61. The van der Waals surface area contributed by atoms with Crippen molar-refractivity contribution in [2.24, 2.45) is 0 Å². The third kappa shape index (κ3) is 3.56. The van der Waals surface area contributed by atoms with E-state index < -0.39 is 10.1 Å². The number of fused-ring (bicyclic) bond motifs is 2. The Balaban J connectivity index is 1.54. The molecule has 0 N–H and O–H groups in total. The van der Waals surface area contributed by atoms with Crippen LogP contribution in [0, 0.1) is 13.8 Å². The van der Waals surface area contributed by atoms with Crippen molar-refractivity contribution in [2.75, 3.05) is 6.61 Å². The maximum atomic E-state index is 12.3. The van der Waals surface area contributed by atoms with Crippen LogP contribution in [0.2, 0.25) is 0 Å². The Kier molecular flexibility index (Phi) is 4.41. The van der Waals surface area contributed by atoms with E-state index in [1.54, 1.807) is 35.1 Å². The maximum absolute atomic E-state index is 12.3. The molecule has 4 aromatic rings. The molecule has 0 fully saturated rings. The Labute approximate surface area is 157 Å². The number of aryl methyl sites for hydroxylation is 2. The predicted molar refractivity (Wildman–Crippen MR) is 104 cm³/mol. The van der Waals surface area contributed by atoms with Gasteiger partial charge in [0, 0.05) is 10.8 Å². The van der Waals surface area contributed by atoms with Crippen LogP contribution < -0.4 is 0 Å². The zero-order chi connectivity index (χ0) is 19.0. The van der Waals surface area contributed by atoms with Crippen molar-refractivity contribution in [3.8, 4) is 0 Å². The lowest BCUT2D eigenvalue weighted by molar-refractivity contribution is 0.296. The van der Waals surface area contributed by atoms with E-state index in [1.165, 1.54) is 0 Å². The molecule has 0 saturated heterocycles. The maximum Gasteiger partial charge on any atom is 0.297 e. The summed E-state index contributed by atoms with van der Waals surface area (Å²) in [6.07, 6.45) is 1.73. The van der Waals surface area contributed by atoms with E-state index in [1.807, 2.05) is 38.1 Å². The van der Waals surface area contributed by atoms with E-state index in [0.29, 0.717) is 12.2 Å². The van der Waals surface area contributed by atoms with E-state index in [9.17, 15) is 8.42 Å². The van der Waals surface area contributed by atoms with Crippen LogP contribution in [-0.2, 0) is 20.8 Å².